The van der Waals surface area contributed by atoms with Gasteiger partial charge in [0.25, 0.3) is 0 Å². The number of carbonyl (C=O) groups excluding carboxylic acids is 2. The molecule has 0 aliphatic carbocycles. The Balaban J connectivity index is 1.72. The monoisotopic (exact) mass is 332 g/mol. The average molecular weight is 332 g/mol. The number of aryl methyl sites for hydroxylation is 1. The number of para-hydroxylation sites is 2. The molecule has 0 atom stereocenters. The second kappa shape index (κ2) is 6.20. The number of fused-ring (bicyclic) bond motifs is 2. The molecule has 4 nitrogen and oxygen atoms in total. The topological polar surface area (TPSA) is 42.3 Å². The van der Waals surface area contributed by atoms with Crippen molar-refractivity contribution in [3.8, 4) is 0 Å². The molecule has 0 unspecified atom stereocenters. The molecule has 1 amide bonds. The van der Waals surface area contributed by atoms with E-state index < -0.39 is 0 Å². The second-order valence-corrected chi connectivity index (χ2v) is 6.42. The molecule has 2 heterocycles. The van der Waals surface area contributed by atoms with Gasteiger partial charge in [-0.1, -0.05) is 43.3 Å². The number of hydrogen-bond donors (Lipinski definition) is 0. The minimum Gasteiger partial charge on any atom is -0.337 e. The average Bonchev–Trinajstić information content (AvgIpc) is 3.23. The summed E-state index contributed by atoms with van der Waals surface area (Å²) in [6.45, 7) is 3.06. The fourth-order valence-corrected chi connectivity index (χ4v) is 3.80. The predicted octanol–water partition coefficient (Wildman–Crippen LogP) is 3.61. The lowest BCUT2D eigenvalue weighted by atomic mass is 10.1. The van der Waals surface area contributed by atoms with Gasteiger partial charge in [0, 0.05) is 29.4 Å². The molecule has 0 spiro atoms. The second-order valence-electron chi connectivity index (χ2n) is 6.42. The Bertz CT molecular complexity index is 971. The van der Waals surface area contributed by atoms with E-state index in [4.69, 9.17) is 0 Å². The molecule has 4 rings (SSSR count). The van der Waals surface area contributed by atoms with Crippen LogP contribution in [0.15, 0.2) is 48.7 Å². The summed E-state index contributed by atoms with van der Waals surface area (Å²) in [6.07, 6.45) is 4.43. The van der Waals surface area contributed by atoms with Crippen LogP contribution in [0.4, 0.5) is 5.69 Å². The number of rotatable bonds is 4. The first-order valence-electron chi connectivity index (χ1n) is 8.67. The number of aromatic nitrogens is 1. The molecule has 1 aliphatic heterocycles. The van der Waals surface area contributed by atoms with Crippen molar-refractivity contribution in [1.82, 2.24) is 4.57 Å². The molecule has 0 saturated heterocycles. The zero-order chi connectivity index (χ0) is 17.4. The van der Waals surface area contributed by atoms with Gasteiger partial charge in [0.05, 0.1) is 5.52 Å². The van der Waals surface area contributed by atoms with E-state index >= 15 is 0 Å². The van der Waals surface area contributed by atoms with E-state index in [1.54, 1.807) is 6.20 Å². The van der Waals surface area contributed by atoms with Crippen LogP contribution in [0.1, 0.15) is 28.4 Å². The van der Waals surface area contributed by atoms with Crippen molar-refractivity contribution in [2.75, 3.05) is 11.4 Å². The van der Waals surface area contributed by atoms with E-state index in [2.05, 4.69) is 19.1 Å². The van der Waals surface area contributed by atoms with Crippen molar-refractivity contribution in [3.05, 3.63) is 65.4 Å². The van der Waals surface area contributed by atoms with E-state index in [1.807, 2.05) is 39.8 Å². The molecule has 4 heteroatoms. The predicted molar refractivity (Wildman–Crippen MR) is 99.2 cm³/mol. The maximum absolute atomic E-state index is 12.9. The van der Waals surface area contributed by atoms with Crippen molar-refractivity contribution >= 4 is 28.8 Å². The summed E-state index contributed by atoms with van der Waals surface area (Å²) in [4.78, 5) is 26.2. The number of carbonyl (C=O) groups is 2. The molecule has 0 radical (unpaired) electrons. The number of hydrogen-bond acceptors (Lipinski definition) is 2. The van der Waals surface area contributed by atoms with Gasteiger partial charge in [-0.05, 0) is 30.0 Å². The fraction of sp³-hybridized carbons (Fsp3) is 0.238. The highest BCUT2D eigenvalue weighted by atomic mass is 16.2. The van der Waals surface area contributed by atoms with Gasteiger partial charge in [0.2, 0.25) is 5.91 Å². The summed E-state index contributed by atoms with van der Waals surface area (Å²) >= 11 is 0. The summed E-state index contributed by atoms with van der Waals surface area (Å²) in [6, 6.07) is 14.0. The Hall–Kier alpha value is -2.88. The molecule has 0 N–H and O–H groups in total. The quantitative estimate of drug-likeness (QED) is 0.685. The Morgan fingerprint density at radius 2 is 2.00 bits per heavy atom. The highest BCUT2D eigenvalue weighted by Gasteiger charge is 2.25. The highest BCUT2D eigenvalue weighted by molar-refractivity contribution is 6.01. The summed E-state index contributed by atoms with van der Waals surface area (Å²) in [5, 5.41) is 0.920. The Labute approximate surface area is 146 Å². The van der Waals surface area contributed by atoms with Crippen LogP contribution in [0.25, 0.3) is 10.9 Å². The molecular formula is C21H20N2O2. The molecule has 3 aromatic rings. The number of amides is 1. The molecule has 2 aromatic carbocycles. The summed E-state index contributed by atoms with van der Waals surface area (Å²) in [5.41, 5.74) is 5.01. The maximum Gasteiger partial charge on any atom is 0.246 e. The maximum atomic E-state index is 12.9. The van der Waals surface area contributed by atoms with E-state index in [9.17, 15) is 9.59 Å². The molecule has 25 heavy (non-hydrogen) atoms. The van der Waals surface area contributed by atoms with Gasteiger partial charge in [-0.15, -0.1) is 0 Å². The van der Waals surface area contributed by atoms with E-state index in [1.165, 1.54) is 5.56 Å². The minimum atomic E-state index is 0.0604. The van der Waals surface area contributed by atoms with Gasteiger partial charge < -0.3 is 9.47 Å². The Morgan fingerprint density at radius 1 is 1.16 bits per heavy atom. The highest BCUT2D eigenvalue weighted by Crippen LogP contribution is 2.29. The first kappa shape index (κ1) is 15.6. The van der Waals surface area contributed by atoms with Crippen LogP contribution in [0, 0.1) is 0 Å². The molecule has 1 aromatic heterocycles. The van der Waals surface area contributed by atoms with Crippen LogP contribution in [0.3, 0.4) is 0 Å². The van der Waals surface area contributed by atoms with Gasteiger partial charge >= 0.3 is 0 Å². The van der Waals surface area contributed by atoms with Crippen LogP contribution in [0.2, 0.25) is 0 Å². The van der Waals surface area contributed by atoms with Crippen LogP contribution >= 0.6 is 0 Å². The van der Waals surface area contributed by atoms with Gasteiger partial charge in [-0.25, -0.2) is 0 Å². The van der Waals surface area contributed by atoms with Crippen molar-refractivity contribution < 1.29 is 9.59 Å². The molecule has 0 saturated carbocycles. The van der Waals surface area contributed by atoms with Crippen molar-refractivity contribution in [3.63, 3.8) is 0 Å². The van der Waals surface area contributed by atoms with Crippen LogP contribution in [-0.2, 0) is 24.2 Å². The summed E-state index contributed by atoms with van der Waals surface area (Å²) in [5.74, 6) is 0.0604. The minimum absolute atomic E-state index is 0.0604. The van der Waals surface area contributed by atoms with Gasteiger partial charge in [-0.3, -0.25) is 9.59 Å². The summed E-state index contributed by atoms with van der Waals surface area (Å²) in [7, 11) is 0. The lowest BCUT2D eigenvalue weighted by molar-refractivity contribution is -0.119. The van der Waals surface area contributed by atoms with Crippen LogP contribution in [-0.4, -0.2) is 23.3 Å². The van der Waals surface area contributed by atoms with Gasteiger partial charge in [0.15, 0.2) is 6.29 Å². The Kier molecular flexibility index (Phi) is 3.88. The normalized spacial score (nSPS) is 13.2. The number of nitrogens with zero attached hydrogens (tertiary/aromatic N) is 2. The summed E-state index contributed by atoms with van der Waals surface area (Å²) < 4.78 is 1.93. The lowest BCUT2D eigenvalue weighted by Crippen LogP contribution is -2.32. The third-order valence-corrected chi connectivity index (χ3v) is 5.01. The molecular weight excluding hydrogens is 312 g/mol. The van der Waals surface area contributed by atoms with E-state index in [-0.39, 0.29) is 12.5 Å². The number of anilines is 1. The zero-order valence-electron chi connectivity index (χ0n) is 14.2. The molecule has 1 aliphatic rings. The largest absolute Gasteiger partial charge is 0.337 e. The van der Waals surface area contributed by atoms with Gasteiger partial charge in [0.1, 0.15) is 6.54 Å². The smallest absolute Gasteiger partial charge is 0.246 e. The molecule has 0 fully saturated rings. The lowest BCUT2D eigenvalue weighted by Gasteiger charge is -2.18. The van der Waals surface area contributed by atoms with Crippen LogP contribution < -0.4 is 4.90 Å². The van der Waals surface area contributed by atoms with Crippen LogP contribution in [0.5, 0.6) is 0 Å². The first-order valence-corrected chi connectivity index (χ1v) is 8.67. The standard InChI is InChI=1S/C21H20N2O2/c1-2-15-7-5-8-18-17(14-24)12-22(21(15)18)13-20(25)23-11-10-16-6-3-4-9-19(16)23/h3-9,12,14H,2,10-11,13H2,1H3. The fourth-order valence-electron chi connectivity index (χ4n) is 3.80. The number of aldehydes is 1. The van der Waals surface area contributed by atoms with Crippen molar-refractivity contribution in [1.29, 1.82) is 0 Å². The van der Waals surface area contributed by atoms with Gasteiger partial charge in [-0.2, -0.15) is 0 Å². The zero-order valence-corrected chi connectivity index (χ0v) is 14.2. The van der Waals surface area contributed by atoms with Crippen molar-refractivity contribution in [2.24, 2.45) is 0 Å². The molecule has 126 valence electrons. The Morgan fingerprint density at radius 3 is 2.80 bits per heavy atom. The van der Waals surface area contributed by atoms with E-state index in [0.29, 0.717) is 5.56 Å². The van der Waals surface area contributed by atoms with E-state index in [0.717, 1.165) is 47.8 Å². The van der Waals surface area contributed by atoms with Crippen molar-refractivity contribution in [2.45, 2.75) is 26.3 Å². The third-order valence-electron chi connectivity index (χ3n) is 5.01. The molecule has 0 bridgehead atoms. The number of benzene rings is 2. The first-order chi connectivity index (χ1) is 12.2. The third kappa shape index (κ3) is 2.54. The SMILES string of the molecule is CCc1cccc2c(C=O)cn(CC(=O)N3CCc4ccccc43)c12.